The van der Waals surface area contributed by atoms with Crippen LogP contribution in [0.15, 0.2) is 94.9 Å². The van der Waals surface area contributed by atoms with Crippen molar-refractivity contribution in [3.05, 3.63) is 107 Å². The van der Waals surface area contributed by atoms with Crippen molar-refractivity contribution in [2.24, 2.45) is 5.10 Å². The van der Waals surface area contributed by atoms with Gasteiger partial charge in [-0.05, 0) is 71.1 Å². The van der Waals surface area contributed by atoms with Crippen LogP contribution >= 0.6 is 0 Å². The molecule has 0 heterocycles. The number of nitrogens with zero attached hydrogens (tertiary/aromatic N) is 2. The highest BCUT2D eigenvalue weighted by molar-refractivity contribution is 7.92. The summed E-state index contributed by atoms with van der Waals surface area (Å²) in [6, 6.07) is 22.9. The van der Waals surface area contributed by atoms with Gasteiger partial charge in [-0.1, -0.05) is 48.5 Å². The Hall–Kier alpha value is -4.04. The van der Waals surface area contributed by atoms with E-state index in [0.717, 1.165) is 40.2 Å². The number of anilines is 1. The molecule has 0 saturated heterocycles. The van der Waals surface area contributed by atoms with Gasteiger partial charge >= 0.3 is 0 Å². The first-order valence-electron chi connectivity index (χ1n) is 11.1. The average molecular weight is 488 g/mol. The molecule has 1 aliphatic rings. The van der Waals surface area contributed by atoms with E-state index in [1.165, 1.54) is 40.8 Å². The van der Waals surface area contributed by atoms with Crippen molar-refractivity contribution in [2.75, 3.05) is 10.8 Å². The van der Waals surface area contributed by atoms with Gasteiger partial charge in [0.1, 0.15) is 12.4 Å². The first-order valence-corrected chi connectivity index (χ1v) is 12.6. The molecule has 35 heavy (non-hydrogen) atoms. The summed E-state index contributed by atoms with van der Waals surface area (Å²) in [7, 11) is -4.07. The first kappa shape index (κ1) is 22.7. The number of amides is 1. The van der Waals surface area contributed by atoms with Gasteiger partial charge in [-0.2, -0.15) is 5.10 Å². The fourth-order valence-electron chi connectivity index (χ4n) is 4.36. The maximum Gasteiger partial charge on any atom is 0.264 e. The fraction of sp³-hybridized carbons (Fsp3) is 0.111. The summed E-state index contributed by atoms with van der Waals surface area (Å²) >= 11 is 0. The van der Waals surface area contributed by atoms with Gasteiger partial charge in [0.2, 0.25) is 0 Å². The summed E-state index contributed by atoms with van der Waals surface area (Å²) in [5.74, 6) is -1.14. The molecule has 0 atom stereocenters. The first-order chi connectivity index (χ1) is 16.9. The Morgan fingerprint density at radius 3 is 2.37 bits per heavy atom. The Morgan fingerprint density at radius 1 is 0.914 bits per heavy atom. The zero-order valence-corrected chi connectivity index (χ0v) is 19.5. The highest BCUT2D eigenvalue weighted by Gasteiger charge is 2.27. The summed E-state index contributed by atoms with van der Waals surface area (Å²) in [4.78, 5) is 12.8. The third-order valence-corrected chi connectivity index (χ3v) is 7.82. The number of hydrogen-bond donors (Lipinski definition) is 1. The molecular weight excluding hydrogens is 465 g/mol. The lowest BCUT2D eigenvalue weighted by molar-refractivity contribution is -0.119. The number of carbonyl (C=O) groups is 1. The Bertz CT molecular complexity index is 1530. The molecule has 4 aromatic carbocycles. The number of hydrogen-bond acceptors (Lipinski definition) is 4. The number of hydrazone groups is 1. The molecule has 4 aromatic rings. The molecule has 6 nitrogen and oxygen atoms in total. The van der Waals surface area contributed by atoms with Crippen molar-refractivity contribution < 1.29 is 17.6 Å². The lowest BCUT2D eigenvalue weighted by Crippen LogP contribution is -2.39. The summed E-state index contributed by atoms with van der Waals surface area (Å²) < 4.78 is 41.0. The van der Waals surface area contributed by atoms with E-state index in [4.69, 9.17) is 0 Å². The van der Waals surface area contributed by atoms with Crippen molar-refractivity contribution >= 4 is 38.6 Å². The Balaban J connectivity index is 1.38. The van der Waals surface area contributed by atoms with E-state index in [-0.39, 0.29) is 10.6 Å². The summed E-state index contributed by atoms with van der Waals surface area (Å²) in [5.41, 5.74) is 6.06. The van der Waals surface area contributed by atoms with Gasteiger partial charge in [0.05, 0.1) is 16.8 Å². The number of aryl methyl sites for hydroxylation is 2. The lowest BCUT2D eigenvalue weighted by atomic mass is 10.0. The summed E-state index contributed by atoms with van der Waals surface area (Å²) in [6.07, 6.45) is 3.59. The zero-order chi connectivity index (χ0) is 24.4. The topological polar surface area (TPSA) is 78.8 Å². The van der Waals surface area contributed by atoms with E-state index >= 15 is 0 Å². The minimum absolute atomic E-state index is 0.0218. The fourth-order valence-corrected chi connectivity index (χ4v) is 5.81. The molecule has 0 aromatic heterocycles. The van der Waals surface area contributed by atoms with Gasteiger partial charge in [-0.25, -0.2) is 18.2 Å². The van der Waals surface area contributed by atoms with E-state index in [2.05, 4.69) is 22.7 Å². The molecule has 0 aliphatic heterocycles. The molecule has 0 fully saturated rings. The van der Waals surface area contributed by atoms with Crippen molar-refractivity contribution in [3.63, 3.8) is 0 Å². The molecule has 1 aliphatic carbocycles. The third-order valence-electron chi connectivity index (χ3n) is 6.04. The van der Waals surface area contributed by atoms with Crippen LogP contribution in [0.2, 0.25) is 0 Å². The molecule has 1 amide bonds. The monoisotopic (exact) mass is 487 g/mol. The van der Waals surface area contributed by atoms with Gasteiger partial charge in [-0.15, -0.1) is 0 Å². The van der Waals surface area contributed by atoms with Crippen LogP contribution in [0.5, 0.6) is 0 Å². The highest BCUT2D eigenvalue weighted by Crippen LogP contribution is 2.32. The third kappa shape index (κ3) is 4.52. The van der Waals surface area contributed by atoms with E-state index in [0.29, 0.717) is 0 Å². The van der Waals surface area contributed by atoms with Crippen LogP contribution in [-0.4, -0.2) is 27.1 Å². The molecule has 0 spiro atoms. The molecule has 0 unspecified atom stereocenters. The van der Waals surface area contributed by atoms with Crippen LogP contribution < -0.4 is 9.73 Å². The quantitative estimate of drug-likeness (QED) is 0.310. The predicted octanol–water partition coefficient (Wildman–Crippen LogP) is 4.42. The van der Waals surface area contributed by atoms with Crippen LogP contribution in [0.25, 0.3) is 10.8 Å². The smallest absolute Gasteiger partial charge is 0.264 e. The second-order valence-corrected chi connectivity index (χ2v) is 10.1. The maximum atomic E-state index is 13.5. The molecule has 0 bridgehead atoms. The molecular formula is C27H22FN3O3S. The van der Waals surface area contributed by atoms with Crippen molar-refractivity contribution in [1.29, 1.82) is 0 Å². The van der Waals surface area contributed by atoms with Gasteiger partial charge in [0.15, 0.2) is 0 Å². The number of carbonyl (C=O) groups excluding carboxylic acids is 1. The van der Waals surface area contributed by atoms with E-state index in [9.17, 15) is 17.6 Å². The number of sulfonamides is 1. The zero-order valence-electron chi connectivity index (χ0n) is 18.7. The minimum Gasteiger partial charge on any atom is -0.271 e. The van der Waals surface area contributed by atoms with Crippen molar-refractivity contribution in [1.82, 2.24) is 5.43 Å². The average Bonchev–Trinajstić information content (AvgIpc) is 3.30. The number of rotatable bonds is 7. The van der Waals surface area contributed by atoms with Gasteiger partial charge < -0.3 is 0 Å². The number of benzene rings is 4. The van der Waals surface area contributed by atoms with Crippen LogP contribution in [0, 0.1) is 5.82 Å². The van der Waals surface area contributed by atoms with Gasteiger partial charge in [-0.3, -0.25) is 9.10 Å². The molecule has 5 rings (SSSR count). The van der Waals surface area contributed by atoms with Crippen molar-refractivity contribution in [2.45, 2.75) is 17.7 Å². The largest absolute Gasteiger partial charge is 0.271 e. The second kappa shape index (κ2) is 9.31. The number of nitrogens with one attached hydrogen (secondary N) is 1. The Kier molecular flexibility index (Phi) is 6.05. The molecule has 0 radical (unpaired) electrons. The molecule has 1 N–H and O–H groups in total. The molecule has 176 valence electrons. The summed E-state index contributed by atoms with van der Waals surface area (Å²) in [5, 5.41) is 6.38. The van der Waals surface area contributed by atoms with Gasteiger partial charge in [0, 0.05) is 5.56 Å². The Labute approximate surface area is 202 Å². The Morgan fingerprint density at radius 2 is 1.63 bits per heavy atom. The maximum absolute atomic E-state index is 13.5. The van der Waals surface area contributed by atoms with Gasteiger partial charge in [0.25, 0.3) is 15.9 Å². The lowest BCUT2D eigenvalue weighted by Gasteiger charge is -2.23. The highest BCUT2D eigenvalue weighted by atomic mass is 32.2. The SMILES string of the molecule is O=C(CN(c1ccc(F)cc1)S(=O)(=O)c1ccccc1)N/N=C/c1ccc2c3c(cccc13)CC2. The van der Waals surface area contributed by atoms with Crippen molar-refractivity contribution in [3.8, 4) is 0 Å². The van der Waals surface area contributed by atoms with E-state index < -0.39 is 28.3 Å². The predicted molar refractivity (Wildman–Crippen MR) is 134 cm³/mol. The van der Waals surface area contributed by atoms with Crippen LogP contribution in [0.1, 0.15) is 16.7 Å². The minimum atomic E-state index is -4.07. The van der Waals surface area contributed by atoms with Crippen LogP contribution in [0.4, 0.5) is 10.1 Å². The van der Waals surface area contributed by atoms with Crippen LogP contribution in [0.3, 0.4) is 0 Å². The molecule has 0 saturated carbocycles. The normalized spacial score (nSPS) is 12.8. The number of halogens is 1. The standard InChI is InChI=1S/C27H22FN3O3S/c28-22-13-15-23(16-14-22)31(35(33,34)24-6-2-1-3-7-24)18-26(32)30-29-17-21-12-11-20-10-9-19-5-4-8-25(21)27(19)20/h1-8,11-17H,9-10,18H2,(H,30,32)/b29-17+. The second-order valence-electron chi connectivity index (χ2n) is 8.25. The molecule has 8 heteroatoms. The van der Waals surface area contributed by atoms with E-state index in [1.54, 1.807) is 24.4 Å². The van der Waals surface area contributed by atoms with Crippen LogP contribution in [-0.2, 0) is 27.7 Å². The summed E-state index contributed by atoms with van der Waals surface area (Å²) in [6.45, 7) is -0.524. The van der Waals surface area contributed by atoms with E-state index in [1.807, 2.05) is 18.2 Å².